The third kappa shape index (κ3) is 6.36. The minimum atomic E-state index is -3.90. The van der Waals surface area contributed by atoms with E-state index in [0.29, 0.717) is 35.9 Å². The van der Waals surface area contributed by atoms with Crippen molar-refractivity contribution in [2.24, 2.45) is 0 Å². The first kappa shape index (κ1) is 31.6. The molecule has 1 amide bonds. The second kappa shape index (κ2) is 12.3. The molecule has 2 aliphatic rings. The molecule has 0 aliphatic carbocycles. The number of hydrogen-bond acceptors (Lipinski definition) is 10. The van der Waals surface area contributed by atoms with E-state index < -0.39 is 43.9 Å². The Hall–Kier alpha value is -3.79. The van der Waals surface area contributed by atoms with E-state index in [1.54, 1.807) is 0 Å². The number of rotatable bonds is 10. The quantitative estimate of drug-likeness (QED) is 0.244. The molecular weight excluding hydrogens is 616 g/mol. The standard InChI is InChI=1S/C27H32N6O9S2/c1-29-43(37,38)22-4-2-3-21(9-22)41-17-20(34)15-33(26(35)36)19-11-27(42-16-19)5-7-32(8-6-27)44(39,40)23-10-24-18(12-28)13-30-25(24)31-14-23/h2-4,9-10,13-14,19-20,29,34H,5-8,11,15-17H2,1H3,(H,30,31)(H,35,36)/t19-,20+/m1/s1. The maximum absolute atomic E-state index is 13.4. The number of carboxylic acid groups (broad SMARTS) is 1. The molecule has 2 aliphatic heterocycles. The van der Waals surface area contributed by atoms with Crippen molar-refractivity contribution < 1.29 is 41.3 Å². The number of aromatic nitrogens is 2. The van der Waals surface area contributed by atoms with Crippen LogP contribution in [0.5, 0.6) is 5.75 Å². The van der Waals surface area contributed by atoms with Crippen molar-refractivity contribution in [1.29, 1.82) is 5.26 Å². The number of ether oxygens (including phenoxy) is 2. The van der Waals surface area contributed by atoms with Gasteiger partial charge in [-0.15, -0.1) is 0 Å². The van der Waals surface area contributed by atoms with Gasteiger partial charge in [0.15, 0.2) is 0 Å². The molecular formula is C27H32N6O9S2. The summed E-state index contributed by atoms with van der Waals surface area (Å²) in [6.07, 6.45) is 1.27. The van der Waals surface area contributed by atoms with E-state index in [-0.39, 0.29) is 48.4 Å². The minimum Gasteiger partial charge on any atom is -0.491 e. The van der Waals surface area contributed by atoms with Crippen LogP contribution in [0.2, 0.25) is 0 Å². The second-order valence-corrected chi connectivity index (χ2v) is 14.5. The van der Waals surface area contributed by atoms with Crippen LogP contribution in [0.25, 0.3) is 11.0 Å². The Morgan fingerprint density at radius 2 is 2.05 bits per heavy atom. The number of fused-ring (bicyclic) bond motifs is 1. The molecule has 2 fully saturated rings. The normalized spacial score (nSPS) is 19.5. The number of carbonyl (C=O) groups is 1. The lowest BCUT2D eigenvalue weighted by Crippen LogP contribution is -2.48. The van der Waals surface area contributed by atoms with Crippen LogP contribution in [0.1, 0.15) is 24.8 Å². The molecule has 0 saturated carbocycles. The van der Waals surface area contributed by atoms with Crippen LogP contribution in [0.15, 0.2) is 52.5 Å². The molecule has 4 N–H and O–H groups in total. The van der Waals surface area contributed by atoms with Gasteiger partial charge >= 0.3 is 6.09 Å². The second-order valence-electron chi connectivity index (χ2n) is 10.7. The van der Waals surface area contributed by atoms with Crippen LogP contribution in [0.3, 0.4) is 0 Å². The fraction of sp³-hybridized carbons (Fsp3) is 0.444. The van der Waals surface area contributed by atoms with Crippen LogP contribution >= 0.6 is 0 Å². The minimum absolute atomic E-state index is 0.0158. The number of pyridine rings is 1. The number of aromatic amines is 1. The topological polar surface area (TPSA) is 215 Å². The molecule has 4 heterocycles. The molecule has 5 rings (SSSR count). The zero-order valence-electron chi connectivity index (χ0n) is 23.7. The highest BCUT2D eigenvalue weighted by atomic mass is 32.2. The lowest BCUT2D eigenvalue weighted by atomic mass is 9.88. The number of hydrogen-bond donors (Lipinski definition) is 4. The van der Waals surface area contributed by atoms with Crippen molar-refractivity contribution in [2.75, 3.05) is 39.9 Å². The molecule has 0 unspecified atom stereocenters. The van der Waals surface area contributed by atoms with Crippen molar-refractivity contribution >= 4 is 37.2 Å². The number of amides is 1. The van der Waals surface area contributed by atoms with Gasteiger partial charge in [0.05, 0.1) is 35.3 Å². The van der Waals surface area contributed by atoms with Gasteiger partial charge < -0.3 is 29.6 Å². The fourth-order valence-corrected chi connectivity index (χ4v) is 7.75. The van der Waals surface area contributed by atoms with Gasteiger partial charge in [0.1, 0.15) is 35.1 Å². The maximum atomic E-state index is 13.4. The summed E-state index contributed by atoms with van der Waals surface area (Å²) >= 11 is 0. The first-order valence-electron chi connectivity index (χ1n) is 13.7. The first-order valence-corrected chi connectivity index (χ1v) is 16.7. The molecule has 2 saturated heterocycles. The average molecular weight is 649 g/mol. The Morgan fingerprint density at radius 1 is 1.30 bits per heavy atom. The van der Waals surface area contributed by atoms with Gasteiger partial charge in [0, 0.05) is 36.9 Å². The van der Waals surface area contributed by atoms with E-state index in [0.717, 1.165) is 4.90 Å². The number of nitriles is 1. The van der Waals surface area contributed by atoms with E-state index >= 15 is 0 Å². The van der Waals surface area contributed by atoms with E-state index in [9.17, 15) is 37.1 Å². The summed E-state index contributed by atoms with van der Waals surface area (Å²) in [6.45, 7) is -0.165. The molecule has 2 aromatic heterocycles. The zero-order chi connectivity index (χ0) is 31.7. The lowest BCUT2D eigenvalue weighted by Gasteiger charge is -2.38. The van der Waals surface area contributed by atoms with Crippen molar-refractivity contribution in [1.82, 2.24) is 23.9 Å². The Kier molecular flexibility index (Phi) is 8.84. The number of nitrogens with one attached hydrogen (secondary N) is 2. The Balaban J connectivity index is 1.18. The highest BCUT2D eigenvalue weighted by Gasteiger charge is 2.47. The first-order chi connectivity index (χ1) is 20.9. The van der Waals surface area contributed by atoms with E-state index in [4.69, 9.17) is 9.47 Å². The largest absolute Gasteiger partial charge is 0.491 e. The highest BCUT2D eigenvalue weighted by Crippen LogP contribution is 2.39. The predicted octanol–water partition coefficient (Wildman–Crippen LogP) is 1.07. The average Bonchev–Trinajstić information content (AvgIpc) is 3.62. The number of sulfonamides is 2. The summed E-state index contributed by atoms with van der Waals surface area (Å²) in [7, 11) is -6.31. The van der Waals surface area contributed by atoms with Gasteiger partial charge in [-0.2, -0.15) is 9.57 Å². The summed E-state index contributed by atoms with van der Waals surface area (Å²) < 4.78 is 66.0. The fourth-order valence-electron chi connectivity index (χ4n) is 5.57. The molecule has 44 heavy (non-hydrogen) atoms. The van der Waals surface area contributed by atoms with Crippen molar-refractivity contribution in [2.45, 2.75) is 46.8 Å². The molecule has 0 bridgehead atoms. The van der Waals surface area contributed by atoms with Gasteiger partial charge in [-0.1, -0.05) is 6.07 Å². The summed E-state index contributed by atoms with van der Waals surface area (Å²) in [5.41, 5.74) is -0.0132. The SMILES string of the molecule is CNS(=O)(=O)c1cccc(OC[C@@H](O)CN(C(=O)O)[C@H]2COC3(CCN(S(=O)(=O)c4cnc5[nH]cc(C#N)c5c4)CC3)C2)c1. The van der Waals surface area contributed by atoms with Crippen molar-refractivity contribution in [3.8, 4) is 11.8 Å². The van der Waals surface area contributed by atoms with Crippen LogP contribution in [0, 0.1) is 11.3 Å². The smallest absolute Gasteiger partial charge is 0.407 e. The molecule has 17 heteroatoms. The van der Waals surface area contributed by atoms with E-state index in [1.165, 1.54) is 54.1 Å². The van der Waals surface area contributed by atoms with Crippen LogP contribution in [-0.2, 0) is 24.8 Å². The van der Waals surface area contributed by atoms with Crippen LogP contribution < -0.4 is 9.46 Å². The summed E-state index contributed by atoms with van der Waals surface area (Å²) in [5.74, 6) is 0.196. The molecule has 236 valence electrons. The monoisotopic (exact) mass is 648 g/mol. The van der Waals surface area contributed by atoms with E-state index in [2.05, 4.69) is 14.7 Å². The zero-order valence-corrected chi connectivity index (χ0v) is 25.3. The molecule has 15 nitrogen and oxygen atoms in total. The highest BCUT2D eigenvalue weighted by molar-refractivity contribution is 7.89. The lowest BCUT2D eigenvalue weighted by molar-refractivity contribution is -0.0319. The van der Waals surface area contributed by atoms with Gasteiger partial charge in [-0.25, -0.2) is 31.3 Å². The Morgan fingerprint density at radius 3 is 2.73 bits per heavy atom. The maximum Gasteiger partial charge on any atom is 0.407 e. The summed E-state index contributed by atoms with van der Waals surface area (Å²) in [6, 6.07) is 8.57. The van der Waals surface area contributed by atoms with E-state index in [1.807, 2.05) is 6.07 Å². The molecule has 0 radical (unpaired) electrons. The number of H-pyrrole nitrogens is 1. The third-order valence-corrected chi connectivity index (χ3v) is 11.3. The van der Waals surface area contributed by atoms with Crippen molar-refractivity contribution in [3.05, 3.63) is 48.3 Å². The predicted molar refractivity (Wildman–Crippen MR) is 155 cm³/mol. The summed E-state index contributed by atoms with van der Waals surface area (Å²) in [4.78, 5) is 20.2. The van der Waals surface area contributed by atoms with Gasteiger partial charge in [-0.3, -0.25) is 0 Å². The summed E-state index contributed by atoms with van der Waals surface area (Å²) in [5, 5.41) is 30.2. The number of piperidine rings is 1. The Bertz CT molecular complexity index is 1800. The van der Waals surface area contributed by atoms with Gasteiger partial charge in [0.25, 0.3) is 0 Å². The van der Waals surface area contributed by atoms with Gasteiger partial charge in [0.2, 0.25) is 20.0 Å². The number of nitrogens with zero attached hydrogens (tertiary/aromatic N) is 4. The third-order valence-electron chi connectivity index (χ3n) is 8.01. The number of benzene rings is 1. The number of aliphatic hydroxyl groups excluding tert-OH is 1. The van der Waals surface area contributed by atoms with Gasteiger partial charge in [-0.05, 0) is 44.5 Å². The number of aliphatic hydroxyl groups is 1. The Labute approximate surface area is 254 Å². The van der Waals surface area contributed by atoms with Crippen molar-refractivity contribution in [3.63, 3.8) is 0 Å². The molecule has 2 atom stereocenters. The molecule has 1 aromatic carbocycles. The molecule has 1 spiro atoms. The van der Waals surface area contributed by atoms with Crippen LogP contribution in [0.4, 0.5) is 4.79 Å². The van der Waals surface area contributed by atoms with Crippen LogP contribution in [-0.4, -0.2) is 110 Å². The molecule has 3 aromatic rings.